The predicted molar refractivity (Wildman–Crippen MR) is 72.7 cm³/mol. The zero-order valence-corrected chi connectivity index (χ0v) is 11.9. The van der Waals surface area contributed by atoms with E-state index in [1.165, 1.54) is 58.3 Å². The first kappa shape index (κ1) is 14.3. The average molecular weight is 256 g/mol. The summed E-state index contributed by atoms with van der Waals surface area (Å²) in [5, 5.41) is 0. The van der Waals surface area contributed by atoms with Gasteiger partial charge in [0.15, 0.2) is 6.29 Å². The van der Waals surface area contributed by atoms with Gasteiger partial charge in [-0.3, -0.25) is 9.80 Å². The van der Waals surface area contributed by atoms with Crippen molar-refractivity contribution in [2.75, 3.05) is 46.9 Å². The molecule has 106 valence electrons. The molecule has 0 aromatic carbocycles. The van der Waals surface area contributed by atoms with Crippen molar-refractivity contribution in [1.82, 2.24) is 9.80 Å². The van der Waals surface area contributed by atoms with Gasteiger partial charge in [0.25, 0.3) is 0 Å². The molecule has 0 amide bonds. The summed E-state index contributed by atoms with van der Waals surface area (Å²) in [7, 11) is 3.44. The molecule has 1 atom stereocenters. The Morgan fingerprint density at radius 2 is 1.72 bits per heavy atom. The Bertz CT molecular complexity index is 228. The zero-order chi connectivity index (χ0) is 12.8. The van der Waals surface area contributed by atoms with E-state index in [1.807, 2.05) is 0 Å². The summed E-state index contributed by atoms with van der Waals surface area (Å²) >= 11 is 0. The Balaban J connectivity index is 1.80. The Labute approximate surface area is 111 Å². The molecule has 0 radical (unpaired) electrons. The highest BCUT2D eigenvalue weighted by Crippen LogP contribution is 2.20. The Hall–Kier alpha value is -0.160. The molecule has 0 aromatic rings. The van der Waals surface area contributed by atoms with Gasteiger partial charge in [-0.1, -0.05) is 6.42 Å². The quantitative estimate of drug-likeness (QED) is 0.697. The molecule has 2 aliphatic rings. The lowest BCUT2D eigenvalue weighted by atomic mass is 10.0. The number of ether oxygens (including phenoxy) is 2. The maximum absolute atomic E-state index is 5.31. The molecule has 0 saturated carbocycles. The highest BCUT2D eigenvalue weighted by atomic mass is 16.7. The number of methoxy groups -OCH3 is 2. The largest absolute Gasteiger partial charge is 0.355 e. The summed E-state index contributed by atoms with van der Waals surface area (Å²) in [4.78, 5) is 5.20. The summed E-state index contributed by atoms with van der Waals surface area (Å²) in [5.74, 6) is 0. The molecule has 2 rings (SSSR count). The minimum Gasteiger partial charge on any atom is -0.355 e. The lowest BCUT2D eigenvalue weighted by Gasteiger charge is -2.41. The van der Waals surface area contributed by atoms with E-state index in [9.17, 15) is 0 Å². The van der Waals surface area contributed by atoms with E-state index in [-0.39, 0.29) is 6.29 Å². The van der Waals surface area contributed by atoms with Gasteiger partial charge in [-0.25, -0.2) is 0 Å². The summed E-state index contributed by atoms with van der Waals surface area (Å²) in [6, 6.07) is 0.758. The molecule has 0 spiro atoms. The van der Waals surface area contributed by atoms with E-state index in [4.69, 9.17) is 9.47 Å². The molecule has 2 saturated heterocycles. The topological polar surface area (TPSA) is 24.9 Å². The van der Waals surface area contributed by atoms with E-state index in [0.717, 1.165) is 12.6 Å². The third kappa shape index (κ3) is 3.92. The van der Waals surface area contributed by atoms with Crippen LogP contribution in [-0.2, 0) is 9.47 Å². The second kappa shape index (κ2) is 7.43. The van der Waals surface area contributed by atoms with Crippen molar-refractivity contribution < 1.29 is 9.47 Å². The van der Waals surface area contributed by atoms with Gasteiger partial charge in [-0.2, -0.15) is 0 Å². The van der Waals surface area contributed by atoms with Crippen LogP contribution in [0.2, 0.25) is 0 Å². The Morgan fingerprint density at radius 3 is 2.39 bits per heavy atom. The first-order valence-electron chi connectivity index (χ1n) is 7.35. The van der Waals surface area contributed by atoms with E-state index in [0.29, 0.717) is 0 Å². The van der Waals surface area contributed by atoms with Crippen LogP contribution in [-0.4, -0.2) is 69.1 Å². The number of piperidine rings is 2. The van der Waals surface area contributed by atoms with Crippen LogP contribution in [0.1, 0.15) is 32.1 Å². The van der Waals surface area contributed by atoms with Crippen molar-refractivity contribution in [2.45, 2.75) is 44.4 Å². The standard InChI is InChI=1S/C14H28N2O2/c1-17-14(18-2)12-15-8-6-7-13(11-15)16-9-4-3-5-10-16/h13-14H,3-12H2,1-2H3/t13-/m0/s1. The van der Waals surface area contributed by atoms with Gasteiger partial charge in [0.2, 0.25) is 0 Å². The van der Waals surface area contributed by atoms with Crippen LogP contribution in [0, 0.1) is 0 Å². The molecule has 0 aromatic heterocycles. The molecule has 0 bridgehead atoms. The lowest BCUT2D eigenvalue weighted by molar-refractivity contribution is -0.120. The zero-order valence-electron chi connectivity index (χ0n) is 11.9. The van der Waals surface area contributed by atoms with Gasteiger partial charge >= 0.3 is 0 Å². The molecule has 18 heavy (non-hydrogen) atoms. The van der Waals surface area contributed by atoms with Crippen molar-refractivity contribution in [3.05, 3.63) is 0 Å². The van der Waals surface area contributed by atoms with Crippen LogP contribution in [0.3, 0.4) is 0 Å². The van der Waals surface area contributed by atoms with Crippen LogP contribution in [0.5, 0.6) is 0 Å². The normalized spacial score (nSPS) is 27.8. The summed E-state index contributed by atoms with van der Waals surface area (Å²) in [5.41, 5.74) is 0. The first-order valence-corrected chi connectivity index (χ1v) is 7.35. The van der Waals surface area contributed by atoms with Gasteiger partial charge < -0.3 is 9.47 Å². The number of likely N-dealkylation sites (tertiary alicyclic amines) is 2. The smallest absolute Gasteiger partial charge is 0.169 e. The lowest BCUT2D eigenvalue weighted by Crippen LogP contribution is -2.51. The monoisotopic (exact) mass is 256 g/mol. The predicted octanol–water partition coefficient (Wildman–Crippen LogP) is 1.56. The molecule has 0 N–H and O–H groups in total. The minimum atomic E-state index is -0.0786. The van der Waals surface area contributed by atoms with Gasteiger partial charge in [-0.05, 0) is 45.3 Å². The fourth-order valence-electron chi connectivity index (χ4n) is 3.23. The minimum absolute atomic E-state index is 0.0786. The summed E-state index contributed by atoms with van der Waals surface area (Å²) in [6.45, 7) is 5.88. The van der Waals surface area contributed by atoms with E-state index in [2.05, 4.69) is 9.80 Å². The number of nitrogens with zero attached hydrogens (tertiary/aromatic N) is 2. The second-order valence-electron chi connectivity index (χ2n) is 5.55. The van der Waals surface area contributed by atoms with Crippen LogP contribution in [0.4, 0.5) is 0 Å². The number of rotatable bonds is 5. The maximum Gasteiger partial charge on any atom is 0.169 e. The molecule has 2 heterocycles. The van der Waals surface area contributed by atoms with Crippen molar-refractivity contribution in [2.24, 2.45) is 0 Å². The molecule has 0 aliphatic carbocycles. The van der Waals surface area contributed by atoms with Crippen molar-refractivity contribution in [3.8, 4) is 0 Å². The molecule has 0 unspecified atom stereocenters. The van der Waals surface area contributed by atoms with E-state index in [1.54, 1.807) is 14.2 Å². The SMILES string of the molecule is COC(CN1CCC[C@H](N2CCCCC2)C1)OC. The molecule has 2 fully saturated rings. The molecule has 4 nitrogen and oxygen atoms in total. The first-order chi connectivity index (χ1) is 8.83. The Morgan fingerprint density at radius 1 is 1.00 bits per heavy atom. The van der Waals surface area contributed by atoms with Crippen LogP contribution >= 0.6 is 0 Å². The van der Waals surface area contributed by atoms with E-state index < -0.39 is 0 Å². The van der Waals surface area contributed by atoms with Crippen molar-refractivity contribution in [1.29, 1.82) is 0 Å². The maximum atomic E-state index is 5.31. The second-order valence-corrected chi connectivity index (χ2v) is 5.55. The number of hydrogen-bond donors (Lipinski definition) is 0. The van der Waals surface area contributed by atoms with Gasteiger partial charge in [0.1, 0.15) is 0 Å². The molecular formula is C14H28N2O2. The Kier molecular flexibility index (Phi) is 5.89. The highest BCUT2D eigenvalue weighted by molar-refractivity contribution is 4.82. The van der Waals surface area contributed by atoms with Gasteiger partial charge in [0, 0.05) is 33.4 Å². The van der Waals surface area contributed by atoms with E-state index >= 15 is 0 Å². The van der Waals surface area contributed by atoms with Crippen LogP contribution in [0.25, 0.3) is 0 Å². The molecule has 2 aliphatic heterocycles. The summed E-state index contributed by atoms with van der Waals surface area (Å²) < 4.78 is 10.6. The fraction of sp³-hybridized carbons (Fsp3) is 1.00. The third-order valence-electron chi connectivity index (χ3n) is 4.32. The summed E-state index contributed by atoms with van der Waals surface area (Å²) in [6.07, 6.45) is 6.78. The molecule has 4 heteroatoms. The van der Waals surface area contributed by atoms with Gasteiger partial charge in [0.05, 0.1) is 0 Å². The van der Waals surface area contributed by atoms with Crippen molar-refractivity contribution >= 4 is 0 Å². The number of hydrogen-bond acceptors (Lipinski definition) is 4. The molecular weight excluding hydrogens is 228 g/mol. The van der Waals surface area contributed by atoms with Crippen LogP contribution < -0.4 is 0 Å². The van der Waals surface area contributed by atoms with Gasteiger partial charge in [-0.15, -0.1) is 0 Å². The highest BCUT2D eigenvalue weighted by Gasteiger charge is 2.27. The average Bonchev–Trinajstić information content (AvgIpc) is 2.46. The van der Waals surface area contributed by atoms with Crippen molar-refractivity contribution in [3.63, 3.8) is 0 Å². The third-order valence-corrected chi connectivity index (χ3v) is 4.32. The van der Waals surface area contributed by atoms with Crippen LogP contribution in [0.15, 0.2) is 0 Å². The fourth-order valence-corrected chi connectivity index (χ4v) is 3.23.